The Morgan fingerprint density at radius 3 is 2.92 bits per heavy atom. The number of thiophene rings is 1. The Balaban J connectivity index is 3.01. The van der Waals surface area contributed by atoms with E-state index in [1.165, 1.54) is 11.3 Å². The van der Waals surface area contributed by atoms with Crippen molar-refractivity contribution >= 4 is 33.8 Å². The number of allylic oxidation sites excluding steroid dienone is 2. The maximum atomic E-state index is 10.5. The molecule has 0 aliphatic rings. The van der Waals surface area contributed by atoms with E-state index in [1.54, 1.807) is 6.07 Å². The first kappa shape index (κ1) is 8.98. The Morgan fingerprint density at radius 1 is 1.75 bits per heavy atom. The van der Waals surface area contributed by atoms with Crippen LogP contribution in [0.15, 0.2) is 23.6 Å². The van der Waals surface area contributed by atoms with Gasteiger partial charge in [-0.1, -0.05) is 6.07 Å². The molecule has 0 radical (unpaired) electrons. The van der Waals surface area contributed by atoms with Gasteiger partial charge < -0.3 is 0 Å². The lowest BCUT2D eigenvalue weighted by Crippen LogP contribution is -1.81. The quantitative estimate of drug-likeness (QED) is 0.415. The molecule has 0 saturated carbocycles. The molecule has 0 aliphatic heterocycles. The molecule has 4 heteroatoms. The minimum Gasteiger partial charge on any atom is -0.276 e. The Kier molecular flexibility index (Phi) is 3.03. The van der Waals surface area contributed by atoms with Crippen LogP contribution in [-0.4, -0.2) is 5.24 Å². The average molecular weight is 198 g/mol. The zero-order valence-electron chi connectivity index (χ0n) is 5.95. The van der Waals surface area contributed by atoms with E-state index in [0.717, 1.165) is 11.0 Å². The molecule has 0 saturated heterocycles. The summed E-state index contributed by atoms with van der Waals surface area (Å²) in [4.78, 5) is 11.2. The van der Waals surface area contributed by atoms with Crippen LogP contribution in [0.3, 0.4) is 0 Å². The van der Waals surface area contributed by atoms with Gasteiger partial charge in [0, 0.05) is 11.0 Å². The van der Waals surface area contributed by atoms with Gasteiger partial charge in [-0.15, -0.1) is 11.3 Å². The minimum absolute atomic E-state index is 0.310. The molecule has 0 atom stereocenters. The molecule has 1 heterocycles. The van der Waals surface area contributed by atoms with Gasteiger partial charge in [0.2, 0.25) is 5.24 Å². The molecule has 1 aromatic rings. The number of carbonyl (C=O) groups is 1. The van der Waals surface area contributed by atoms with Crippen LogP contribution in [0.4, 0.5) is 0 Å². The fraction of sp³-hybridized carbons (Fsp3) is 0. The number of carbonyl (C=O) groups excluding carboxylic acids is 1. The van der Waals surface area contributed by atoms with E-state index in [1.807, 2.05) is 17.5 Å². The van der Waals surface area contributed by atoms with Crippen molar-refractivity contribution in [2.45, 2.75) is 0 Å². The molecule has 0 N–H and O–H groups in total. The van der Waals surface area contributed by atoms with Crippen molar-refractivity contribution in [1.82, 2.24) is 0 Å². The highest BCUT2D eigenvalue weighted by Crippen LogP contribution is 2.19. The van der Waals surface area contributed by atoms with Gasteiger partial charge in [-0.2, -0.15) is 5.26 Å². The van der Waals surface area contributed by atoms with Crippen molar-refractivity contribution in [2.24, 2.45) is 0 Å². The molecule has 2 nitrogen and oxygen atoms in total. The van der Waals surface area contributed by atoms with Crippen LogP contribution in [0.25, 0.3) is 5.57 Å². The first-order valence-electron chi connectivity index (χ1n) is 3.09. The number of hydrogen-bond donors (Lipinski definition) is 0. The lowest BCUT2D eigenvalue weighted by atomic mass is 10.2. The summed E-state index contributed by atoms with van der Waals surface area (Å²) in [5.74, 6) is 0. The highest BCUT2D eigenvalue weighted by molar-refractivity contribution is 7.11. The van der Waals surface area contributed by atoms with Crippen molar-refractivity contribution in [3.05, 3.63) is 28.5 Å². The second-order valence-corrected chi connectivity index (χ2v) is 3.27. The lowest BCUT2D eigenvalue weighted by molar-refractivity contribution is -0.107. The van der Waals surface area contributed by atoms with E-state index in [4.69, 9.17) is 16.9 Å². The van der Waals surface area contributed by atoms with E-state index >= 15 is 0 Å². The fourth-order valence-corrected chi connectivity index (χ4v) is 1.51. The van der Waals surface area contributed by atoms with Gasteiger partial charge in [-0.3, -0.25) is 4.79 Å². The number of nitrogens with zero attached hydrogens (tertiary/aromatic N) is 1. The summed E-state index contributed by atoms with van der Waals surface area (Å²) in [6.45, 7) is 0. The summed E-state index contributed by atoms with van der Waals surface area (Å²) in [6.07, 6.45) is 1.12. The van der Waals surface area contributed by atoms with Gasteiger partial charge in [0.1, 0.15) is 6.07 Å². The molecule has 0 spiro atoms. The molecular formula is C8H4ClNOS. The molecule has 1 aromatic heterocycles. The number of rotatable bonds is 2. The molecule has 0 amide bonds. The number of halogens is 1. The van der Waals surface area contributed by atoms with E-state index < -0.39 is 5.24 Å². The van der Waals surface area contributed by atoms with Gasteiger partial charge in [-0.05, 0) is 23.0 Å². The Labute approximate surface area is 78.7 Å². The van der Waals surface area contributed by atoms with Crippen LogP contribution >= 0.6 is 22.9 Å². The molecule has 0 bridgehead atoms. The molecule has 0 aliphatic carbocycles. The van der Waals surface area contributed by atoms with Crippen molar-refractivity contribution < 1.29 is 4.79 Å². The molecule has 0 aromatic carbocycles. The largest absolute Gasteiger partial charge is 0.276 e. The average Bonchev–Trinajstić information content (AvgIpc) is 2.51. The van der Waals surface area contributed by atoms with Crippen LogP contribution in [0.5, 0.6) is 0 Å². The summed E-state index contributed by atoms with van der Waals surface area (Å²) in [5.41, 5.74) is 0.310. The summed E-state index contributed by atoms with van der Waals surface area (Å²) < 4.78 is 0. The van der Waals surface area contributed by atoms with E-state index in [0.29, 0.717) is 5.57 Å². The fourth-order valence-electron chi connectivity index (χ4n) is 0.704. The van der Waals surface area contributed by atoms with E-state index in [-0.39, 0.29) is 0 Å². The molecular weight excluding hydrogens is 194 g/mol. The predicted octanol–water partition coefficient (Wildman–Crippen LogP) is 2.42. The highest BCUT2D eigenvalue weighted by Gasteiger charge is 2.02. The first-order chi connectivity index (χ1) is 5.74. The number of hydrogen-bond acceptors (Lipinski definition) is 3. The lowest BCUT2D eigenvalue weighted by Gasteiger charge is -1.88. The Hall–Kier alpha value is -1.11. The van der Waals surface area contributed by atoms with Gasteiger partial charge in [-0.25, -0.2) is 0 Å². The summed E-state index contributed by atoms with van der Waals surface area (Å²) >= 11 is 6.50. The van der Waals surface area contributed by atoms with Crippen LogP contribution in [0, 0.1) is 11.3 Å². The van der Waals surface area contributed by atoms with Crippen molar-refractivity contribution in [2.75, 3.05) is 0 Å². The zero-order valence-corrected chi connectivity index (χ0v) is 7.52. The van der Waals surface area contributed by atoms with Gasteiger partial charge >= 0.3 is 0 Å². The third kappa shape index (κ3) is 2.19. The second kappa shape index (κ2) is 4.05. The molecule has 12 heavy (non-hydrogen) atoms. The Bertz CT molecular complexity index is 348. The van der Waals surface area contributed by atoms with Crippen LogP contribution in [-0.2, 0) is 4.79 Å². The van der Waals surface area contributed by atoms with Crippen LogP contribution in [0.2, 0.25) is 0 Å². The third-order valence-corrected chi connectivity index (χ3v) is 2.18. The first-order valence-corrected chi connectivity index (χ1v) is 4.35. The van der Waals surface area contributed by atoms with Crippen LogP contribution in [0.1, 0.15) is 4.88 Å². The van der Waals surface area contributed by atoms with Crippen molar-refractivity contribution in [3.8, 4) is 6.07 Å². The normalized spacial score (nSPS) is 10.8. The minimum atomic E-state index is -0.625. The van der Waals surface area contributed by atoms with Gasteiger partial charge in [0.25, 0.3) is 0 Å². The maximum Gasteiger partial charge on any atom is 0.246 e. The Morgan fingerprint density at radius 2 is 2.50 bits per heavy atom. The van der Waals surface area contributed by atoms with Crippen LogP contribution < -0.4 is 0 Å². The zero-order chi connectivity index (χ0) is 8.97. The van der Waals surface area contributed by atoms with Gasteiger partial charge in [0.15, 0.2) is 0 Å². The highest BCUT2D eigenvalue weighted by atomic mass is 35.5. The van der Waals surface area contributed by atoms with E-state index in [9.17, 15) is 4.79 Å². The molecule has 1 rings (SSSR count). The molecule has 0 unspecified atom stereocenters. The smallest absolute Gasteiger partial charge is 0.246 e. The van der Waals surface area contributed by atoms with Gasteiger partial charge in [0.05, 0.1) is 5.57 Å². The summed E-state index contributed by atoms with van der Waals surface area (Å²) in [5, 5.41) is 9.83. The predicted molar refractivity (Wildman–Crippen MR) is 48.8 cm³/mol. The monoisotopic (exact) mass is 197 g/mol. The van der Waals surface area contributed by atoms with E-state index in [2.05, 4.69) is 0 Å². The third-order valence-electron chi connectivity index (χ3n) is 1.16. The summed E-state index contributed by atoms with van der Waals surface area (Å²) in [7, 11) is 0. The standard InChI is InChI=1S/C8H4ClNOS/c9-8(11)4-6(5-10)7-2-1-3-12-7/h1-4H. The topological polar surface area (TPSA) is 40.9 Å². The molecule has 0 fully saturated rings. The SMILES string of the molecule is N#CC(=CC(=O)Cl)c1cccs1. The number of nitriles is 1. The second-order valence-electron chi connectivity index (χ2n) is 1.95. The van der Waals surface area contributed by atoms with Crippen molar-refractivity contribution in [3.63, 3.8) is 0 Å². The summed E-state index contributed by atoms with van der Waals surface area (Å²) in [6, 6.07) is 5.47. The molecule has 60 valence electrons. The van der Waals surface area contributed by atoms with Crippen molar-refractivity contribution in [1.29, 1.82) is 5.26 Å². The maximum absolute atomic E-state index is 10.5.